The molecular formula is C15H33N2. The van der Waals surface area contributed by atoms with E-state index >= 15 is 0 Å². The monoisotopic (exact) mass is 241 g/mol. The van der Waals surface area contributed by atoms with Crippen molar-refractivity contribution in [1.29, 1.82) is 0 Å². The fourth-order valence-corrected chi connectivity index (χ4v) is 1.87. The van der Waals surface area contributed by atoms with Crippen molar-refractivity contribution in [3.8, 4) is 0 Å². The van der Waals surface area contributed by atoms with Crippen molar-refractivity contribution < 1.29 is 0 Å². The minimum Gasteiger partial charge on any atom is -0.317 e. The summed E-state index contributed by atoms with van der Waals surface area (Å²) in [6.07, 6.45) is 11.7. The molecule has 1 radical (unpaired) electrons. The van der Waals surface area contributed by atoms with Crippen molar-refractivity contribution in [1.82, 2.24) is 10.6 Å². The largest absolute Gasteiger partial charge is 0.317 e. The van der Waals surface area contributed by atoms with Gasteiger partial charge in [-0.25, -0.2) is 0 Å². The third-order valence-corrected chi connectivity index (χ3v) is 3.02. The van der Waals surface area contributed by atoms with E-state index in [1.807, 2.05) is 0 Å². The van der Waals surface area contributed by atoms with Crippen LogP contribution in [-0.2, 0) is 0 Å². The molecule has 0 aromatic rings. The summed E-state index contributed by atoms with van der Waals surface area (Å²) in [5.74, 6) is 0. The highest BCUT2D eigenvalue weighted by molar-refractivity contribution is 4.53. The van der Waals surface area contributed by atoms with Crippen LogP contribution in [0.4, 0.5) is 0 Å². The smallest absolute Gasteiger partial charge is 0.00368 e. The molecule has 0 bridgehead atoms. The Bertz CT molecular complexity index is 112. The first kappa shape index (κ1) is 16.9. The van der Waals surface area contributed by atoms with E-state index in [1.54, 1.807) is 0 Å². The molecule has 0 atom stereocenters. The molecule has 0 saturated carbocycles. The molecule has 0 aromatic heterocycles. The van der Waals surface area contributed by atoms with Crippen LogP contribution in [-0.4, -0.2) is 26.2 Å². The van der Waals surface area contributed by atoms with E-state index in [0.717, 1.165) is 19.5 Å². The van der Waals surface area contributed by atoms with Crippen LogP contribution in [0.15, 0.2) is 0 Å². The maximum Gasteiger partial charge on any atom is -0.00368 e. The van der Waals surface area contributed by atoms with Gasteiger partial charge in [-0.15, -0.1) is 0 Å². The normalized spacial score (nSPS) is 10.9. The van der Waals surface area contributed by atoms with Gasteiger partial charge < -0.3 is 10.6 Å². The van der Waals surface area contributed by atoms with Crippen LogP contribution in [0.25, 0.3) is 0 Å². The molecule has 0 unspecified atom stereocenters. The molecule has 0 fully saturated rings. The molecule has 0 aliphatic rings. The van der Waals surface area contributed by atoms with Crippen molar-refractivity contribution in [3.63, 3.8) is 0 Å². The summed E-state index contributed by atoms with van der Waals surface area (Å²) in [7, 11) is 0. The Labute approximate surface area is 109 Å². The van der Waals surface area contributed by atoms with Gasteiger partial charge >= 0.3 is 0 Å². The van der Waals surface area contributed by atoms with Gasteiger partial charge in [0.05, 0.1) is 0 Å². The van der Waals surface area contributed by atoms with Crippen LogP contribution in [0.2, 0.25) is 0 Å². The van der Waals surface area contributed by atoms with Crippen molar-refractivity contribution in [3.05, 3.63) is 6.92 Å². The molecule has 0 spiro atoms. The highest BCUT2D eigenvalue weighted by Crippen LogP contribution is 1.97. The zero-order valence-electron chi connectivity index (χ0n) is 11.9. The quantitative estimate of drug-likeness (QED) is 0.455. The molecule has 2 nitrogen and oxygen atoms in total. The van der Waals surface area contributed by atoms with Crippen LogP contribution in [0.1, 0.15) is 64.7 Å². The molecule has 0 heterocycles. The van der Waals surface area contributed by atoms with E-state index in [0.29, 0.717) is 0 Å². The fraction of sp³-hybridized carbons (Fsp3) is 0.933. The van der Waals surface area contributed by atoms with Crippen LogP contribution < -0.4 is 10.6 Å². The van der Waals surface area contributed by atoms with Gasteiger partial charge in [0.1, 0.15) is 0 Å². The molecule has 0 aromatic carbocycles. The van der Waals surface area contributed by atoms with E-state index < -0.39 is 0 Å². The SMILES string of the molecule is [CH2]CCCCCNCCCNCCCCCC. The average molecular weight is 241 g/mol. The lowest BCUT2D eigenvalue weighted by atomic mass is 10.2. The molecule has 103 valence electrons. The molecule has 2 N–H and O–H groups in total. The molecule has 0 aliphatic heterocycles. The molecule has 0 aliphatic carbocycles. The maximum absolute atomic E-state index is 3.85. The summed E-state index contributed by atoms with van der Waals surface area (Å²) < 4.78 is 0. The first-order chi connectivity index (χ1) is 8.41. The molecule has 0 amide bonds. The van der Waals surface area contributed by atoms with Gasteiger partial charge in [-0.3, -0.25) is 0 Å². The van der Waals surface area contributed by atoms with Gasteiger partial charge in [-0.1, -0.05) is 52.4 Å². The first-order valence-corrected chi connectivity index (χ1v) is 7.62. The lowest BCUT2D eigenvalue weighted by molar-refractivity contribution is 0.552. The zero-order chi connectivity index (χ0) is 12.6. The molecule has 17 heavy (non-hydrogen) atoms. The number of rotatable bonds is 14. The first-order valence-electron chi connectivity index (χ1n) is 7.62. The Morgan fingerprint density at radius 2 is 1.18 bits per heavy atom. The second kappa shape index (κ2) is 15.9. The van der Waals surface area contributed by atoms with Crippen LogP contribution in [0.5, 0.6) is 0 Å². The Hall–Kier alpha value is -0.0800. The second-order valence-corrected chi connectivity index (χ2v) is 4.83. The number of nitrogens with one attached hydrogen (secondary N) is 2. The van der Waals surface area contributed by atoms with Crippen LogP contribution in [0, 0.1) is 6.92 Å². The molecular weight excluding hydrogens is 208 g/mol. The van der Waals surface area contributed by atoms with Gasteiger partial charge in [0.15, 0.2) is 0 Å². The van der Waals surface area contributed by atoms with Crippen molar-refractivity contribution in [2.24, 2.45) is 0 Å². The van der Waals surface area contributed by atoms with E-state index in [2.05, 4.69) is 24.5 Å². The Morgan fingerprint density at radius 3 is 1.71 bits per heavy atom. The molecule has 2 heteroatoms. The lowest BCUT2D eigenvalue weighted by Crippen LogP contribution is -2.23. The van der Waals surface area contributed by atoms with Crippen LogP contribution >= 0.6 is 0 Å². The third kappa shape index (κ3) is 15.9. The number of hydrogen-bond acceptors (Lipinski definition) is 2. The summed E-state index contributed by atoms with van der Waals surface area (Å²) in [5, 5.41) is 7.00. The average Bonchev–Trinajstić information content (AvgIpc) is 2.35. The van der Waals surface area contributed by atoms with E-state index in [1.165, 1.54) is 64.5 Å². The summed E-state index contributed by atoms with van der Waals surface area (Å²) in [5.41, 5.74) is 0. The molecule has 0 rings (SSSR count). The standard InChI is InChI=1S/C15H33N2/c1-3-5-7-9-12-16-14-11-15-17-13-10-8-6-4-2/h16-17H,1,3-15H2,2H3. The maximum atomic E-state index is 3.85. The Morgan fingerprint density at radius 1 is 0.647 bits per heavy atom. The topological polar surface area (TPSA) is 24.1 Å². The van der Waals surface area contributed by atoms with E-state index in [4.69, 9.17) is 0 Å². The Kier molecular flexibility index (Phi) is 15.8. The second-order valence-electron chi connectivity index (χ2n) is 4.83. The van der Waals surface area contributed by atoms with E-state index in [-0.39, 0.29) is 0 Å². The van der Waals surface area contributed by atoms with Gasteiger partial charge in [0, 0.05) is 0 Å². The zero-order valence-corrected chi connectivity index (χ0v) is 11.9. The Balaban J connectivity index is 2.85. The van der Waals surface area contributed by atoms with Crippen LogP contribution in [0.3, 0.4) is 0 Å². The highest BCUT2D eigenvalue weighted by atomic mass is 14.9. The minimum absolute atomic E-state index is 1.09. The number of unbranched alkanes of at least 4 members (excludes halogenated alkanes) is 6. The highest BCUT2D eigenvalue weighted by Gasteiger charge is 1.91. The van der Waals surface area contributed by atoms with Crippen molar-refractivity contribution >= 4 is 0 Å². The predicted octanol–water partition coefficient (Wildman–Crippen LogP) is 3.53. The summed E-state index contributed by atoms with van der Waals surface area (Å²) >= 11 is 0. The lowest BCUT2D eigenvalue weighted by Gasteiger charge is -2.06. The predicted molar refractivity (Wildman–Crippen MR) is 78.3 cm³/mol. The van der Waals surface area contributed by atoms with E-state index in [9.17, 15) is 0 Å². The van der Waals surface area contributed by atoms with Gasteiger partial charge in [0.2, 0.25) is 0 Å². The van der Waals surface area contributed by atoms with Gasteiger partial charge in [0.25, 0.3) is 0 Å². The number of hydrogen-bond donors (Lipinski definition) is 2. The molecule has 0 saturated heterocycles. The summed E-state index contributed by atoms with van der Waals surface area (Å²) in [6.45, 7) is 10.8. The van der Waals surface area contributed by atoms with Crippen molar-refractivity contribution in [2.45, 2.75) is 64.7 Å². The van der Waals surface area contributed by atoms with Gasteiger partial charge in [-0.05, 0) is 45.4 Å². The summed E-state index contributed by atoms with van der Waals surface area (Å²) in [6, 6.07) is 0. The minimum atomic E-state index is 1.09. The third-order valence-electron chi connectivity index (χ3n) is 3.02. The summed E-state index contributed by atoms with van der Waals surface area (Å²) in [4.78, 5) is 0. The van der Waals surface area contributed by atoms with Gasteiger partial charge in [-0.2, -0.15) is 0 Å². The fourth-order valence-electron chi connectivity index (χ4n) is 1.87. The van der Waals surface area contributed by atoms with Crippen molar-refractivity contribution in [2.75, 3.05) is 26.2 Å².